The fourth-order valence-electron chi connectivity index (χ4n) is 1.37. The smallest absolute Gasteiger partial charge is 0.331 e. The lowest BCUT2D eigenvalue weighted by Crippen LogP contribution is -2.12. The van der Waals surface area contributed by atoms with Gasteiger partial charge in [0.15, 0.2) is 0 Å². The maximum atomic E-state index is 10.6. The summed E-state index contributed by atoms with van der Waals surface area (Å²) in [7, 11) is 0. The molecule has 0 fully saturated rings. The normalized spacial score (nSPS) is 14.6. The maximum Gasteiger partial charge on any atom is 0.331 e. The van der Waals surface area contributed by atoms with Crippen molar-refractivity contribution in [3.63, 3.8) is 0 Å². The second-order valence-corrected chi connectivity index (χ2v) is 2.92. The number of carboxylic acids is 1. The van der Waals surface area contributed by atoms with E-state index in [-0.39, 0.29) is 0 Å². The van der Waals surface area contributed by atoms with E-state index in [4.69, 9.17) is 5.11 Å². The van der Waals surface area contributed by atoms with Gasteiger partial charge in [-0.25, -0.2) is 4.79 Å². The Morgan fingerprint density at radius 2 is 2.38 bits per heavy atom. The average molecular weight is 176 g/mol. The molecule has 0 aliphatic heterocycles. The minimum absolute atomic E-state index is 0.387. The molecule has 0 spiro atoms. The van der Waals surface area contributed by atoms with E-state index < -0.39 is 5.97 Å². The molecule has 66 valence electrons. The van der Waals surface area contributed by atoms with Crippen LogP contribution < -0.4 is 0 Å². The lowest BCUT2D eigenvalue weighted by Gasteiger charge is -2.11. The first kappa shape index (κ1) is 7.91. The summed E-state index contributed by atoms with van der Waals surface area (Å²) in [5.41, 5.74) is 2.26. The number of hydrogen-bond donors (Lipinski definition) is 1. The number of allylic oxidation sites excluding steroid dienone is 1. The van der Waals surface area contributed by atoms with Crippen LogP contribution in [0.15, 0.2) is 23.9 Å². The molecule has 0 radical (unpaired) electrons. The number of carbonyl (C=O) groups is 1. The summed E-state index contributed by atoms with van der Waals surface area (Å²) in [6, 6.07) is 1.87. The van der Waals surface area contributed by atoms with Crippen LogP contribution in [0, 0.1) is 0 Å². The molecule has 1 N–H and O–H groups in total. The van der Waals surface area contributed by atoms with Crippen molar-refractivity contribution in [3.05, 3.63) is 35.2 Å². The van der Waals surface area contributed by atoms with Gasteiger partial charge in [-0.2, -0.15) is 10.2 Å². The molecule has 4 nitrogen and oxygen atoms in total. The molecule has 4 heteroatoms. The van der Waals surface area contributed by atoms with Gasteiger partial charge in [0, 0.05) is 18.2 Å². The molecule has 0 amide bonds. The molecule has 0 saturated carbocycles. The number of aliphatic carboxylic acids is 1. The molecule has 0 aromatic carbocycles. The minimum atomic E-state index is -0.865. The van der Waals surface area contributed by atoms with E-state index in [0.717, 1.165) is 11.3 Å². The molecule has 1 aliphatic carbocycles. The number of carboxylic acid groups (broad SMARTS) is 1. The predicted molar refractivity (Wildman–Crippen MR) is 45.2 cm³/mol. The van der Waals surface area contributed by atoms with Crippen LogP contribution in [0.5, 0.6) is 0 Å². The number of aromatic nitrogens is 2. The van der Waals surface area contributed by atoms with Gasteiger partial charge in [0.2, 0.25) is 0 Å². The molecule has 1 heterocycles. The summed E-state index contributed by atoms with van der Waals surface area (Å²) < 4.78 is 0. The van der Waals surface area contributed by atoms with Crippen LogP contribution >= 0.6 is 0 Å². The van der Waals surface area contributed by atoms with Crippen molar-refractivity contribution in [2.45, 2.75) is 12.8 Å². The minimum Gasteiger partial charge on any atom is -0.478 e. The van der Waals surface area contributed by atoms with Gasteiger partial charge < -0.3 is 5.11 Å². The first-order chi connectivity index (χ1) is 6.27. The molecule has 13 heavy (non-hydrogen) atoms. The zero-order valence-corrected chi connectivity index (χ0v) is 6.90. The Bertz CT molecular complexity index is 385. The van der Waals surface area contributed by atoms with Crippen molar-refractivity contribution in [3.8, 4) is 0 Å². The van der Waals surface area contributed by atoms with Crippen molar-refractivity contribution in [1.82, 2.24) is 10.2 Å². The van der Waals surface area contributed by atoms with Crippen molar-refractivity contribution >= 4 is 5.97 Å². The molecule has 0 atom stereocenters. The molecule has 1 aromatic rings. The van der Waals surface area contributed by atoms with Crippen LogP contribution in [-0.4, -0.2) is 21.3 Å². The number of fused-ring (bicyclic) bond motifs is 1. The third-order valence-corrected chi connectivity index (χ3v) is 2.09. The van der Waals surface area contributed by atoms with Crippen LogP contribution in [0.2, 0.25) is 0 Å². The quantitative estimate of drug-likeness (QED) is 0.680. The van der Waals surface area contributed by atoms with E-state index in [1.54, 1.807) is 12.3 Å². The number of nitrogens with zero attached hydrogens (tertiary/aromatic N) is 2. The van der Waals surface area contributed by atoms with Gasteiger partial charge in [-0.3, -0.25) is 0 Å². The van der Waals surface area contributed by atoms with Gasteiger partial charge in [0.1, 0.15) is 0 Å². The number of hydrogen-bond acceptors (Lipinski definition) is 3. The Morgan fingerprint density at radius 1 is 1.54 bits per heavy atom. The summed E-state index contributed by atoms with van der Waals surface area (Å²) in [4.78, 5) is 10.6. The van der Waals surface area contributed by atoms with Gasteiger partial charge in [-0.15, -0.1) is 0 Å². The molecule has 0 unspecified atom stereocenters. The molecule has 2 rings (SSSR count). The number of rotatable bonds is 1. The van der Waals surface area contributed by atoms with E-state index in [2.05, 4.69) is 10.2 Å². The monoisotopic (exact) mass is 176 g/mol. The highest BCUT2D eigenvalue weighted by molar-refractivity contribution is 5.87. The van der Waals surface area contributed by atoms with Gasteiger partial charge in [0.05, 0.1) is 5.69 Å². The molecule has 1 aromatic heterocycles. The van der Waals surface area contributed by atoms with Crippen LogP contribution in [0.1, 0.15) is 11.3 Å². The second-order valence-electron chi connectivity index (χ2n) is 2.92. The lowest BCUT2D eigenvalue weighted by atomic mass is 9.97. The van der Waals surface area contributed by atoms with Crippen molar-refractivity contribution < 1.29 is 9.90 Å². The van der Waals surface area contributed by atoms with E-state index >= 15 is 0 Å². The molecular formula is C9H8N2O2. The van der Waals surface area contributed by atoms with Crippen molar-refractivity contribution in [2.75, 3.05) is 0 Å². The summed E-state index contributed by atoms with van der Waals surface area (Å²) in [5.74, 6) is -0.865. The largest absolute Gasteiger partial charge is 0.478 e. The average Bonchev–Trinajstić information content (AvgIpc) is 2.17. The molecule has 0 bridgehead atoms. The Balaban J connectivity index is 2.33. The highest BCUT2D eigenvalue weighted by atomic mass is 16.4. The summed E-state index contributed by atoms with van der Waals surface area (Å²) in [6.07, 6.45) is 4.38. The Hall–Kier alpha value is -1.71. The van der Waals surface area contributed by atoms with Gasteiger partial charge >= 0.3 is 5.97 Å². The topological polar surface area (TPSA) is 63.1 Å². The summed E-state index contributed by atoms with van der Waals surface area (Å²) >= 11 is 0. The highest BCUT2D eigenvalue weighted by Crippen LogP contribution is 2.17. The van der Waals surface area contributed by atoms with Gasteiger partial charge in [-0.1, -0.05) is 6.08 Å². The van der Waals surface area contributed by atoms with Crippen molar-refractivity contribution in [1.29, 1.82) is 0 Å². The van der Waals surface area contributed by atoms with Crippen LogP contribution in [-0.2, 0) is 17.6 Å². The van der Waals surface area contributed by atoms with Crippen molar-refractivity contribution in [2.24, 2.45) is 0 Å². The van der Waals surface area contributed by atoms with Crippen LogP contribution in [0.4, 0.5) is 0 Å². The van der Waals surface area contributed by atoms with E-state index in [1.165, 1.54) is 0 Å². The first-order valence-electron chi connectivity index (χ1n) is 3.99. The third kappa shape index (κ3) is 1.42. The first-order valence-corrected chi connectivity index (χ1v) is 3.99. The van der Waals surface area contributed by atoms with Gasteiger partial charge in [-0.05, 0) is 18.1 Å². The van der Waals surface area contributed by atoms with Crippen LogP contribution in [0.3, 0.4) is 0 Å². The predicted octanol–water partition coefficient (Wildman–Crippen LogP) is 0.586. The lowest BCUT2D eigenvalue weighted by molar-refractivity contribution is -0.132. The fourth-order valence-corrected chi connectivity index (χ4v) is 1.37. The zero-order chi connectivity index (χ0) is 9.26. The Morgan fingerprint density at radius 3 is 3.15 bits per heavy atom. The SMILES string of the molecule is O=C(O)C1=CCc2ccnnc2C1. The standard InChI is InChI=1S/C9H8N2O2/c12-9(13)7-2-1-6-3-4-10-11-8(6)5-7/h2-4H,1,5H2,(H,12,13). The van der Waals surface area contributed by atoms with E-state index in [9.17, 15) is 4.79 Å². The summed E-state index contributed by atoms with van der Waals surface area (Å²) in [6.45, 7) is 0. The molecule has 0 saturated heterocycles. The van der Waals surface area contributed by atoms with Crippen LogP contribution in [0.25, 0.3) is 0 Å². The van der Waals surface area contributed by atoms with E-state index in [1.807, 2.05) is 6.07 Å². The molecule has 1 aliphatic rings. The zero-order valence-electron chi connectivity index (χ0n) is 6.90. The third-order valence-electron chi connectivity index (χ3n) is 2.09. The maximum absolute atomic E-state index is 10.6. The van der Waals surface area contributed by atoms with Gasteiger partial charge in [0.25, 0.3) is 0 Å². The second kappa shape index (κ2) is 2.97. The fraction of sp³-hybridized carbons (Fsp3) is 0.222. The Labute approximate surface area is 74.9 Å². The highest BCUT2D eigenvalue weighted by Gasteiger charge is 2.16. The summed E-state index contributed by atoms with van der Waals surface area (Å²) in [5, 5.41) is 16.4. The Kier molecular flexibility index (Phi) is 1.81. The molecular weight excluding hydrogens is 168 g/mol. The van der Waals surface area contributed by atoms with E-state index in [0.29, 0.717) is 18.4 Å².